The molecule has 0 radical (unpaired) electrons. The first kappa shape index (κ1) is 16.4. The SMILES string of the molecule is CCNC(CCN1CCCC(C)(C)CC1)C(=O)OC. The molecule has 0 amide bonds. The third-order valence-electron chi connectivity index (χ3n) is 4.10. The summed E-state index contributed by atoms with van der Waals surface area (Å²) in [5.41, 5.74) is 0.470. The molecule has 1 saturated heterocycles. The highest BCUT2D eigenvalue weighted by Crippen LogP contribution is 2.29. The Balaban J connectivity index is 2.39. The molecule has 0 spiro atoms. The summed E-state index contributed by atoms with van der Waals surface area (Å²) < 4.78 is 4.84. The molecule has 0 aromatic heterocycles. The van der Waals surface area contributed by atoms with Gasteiger partial charge in [0.25, 0.3) is 0 Å². The molecule has 0 bridgehead atoms. The minimum atomic E-state index is -0.161. The quantitative estimate of drug-likeness (QED) is 0.750. The highest BCUT2D eigenvalue weighted by molar-refractivity contribution is 5.75. The zero-order chi connectivity index (χ0) is 14.3. The summed E-state index contributed by atoms with van der Waals surface area (Å²) in [4.78, 5) is 14.1. The Morgan fingerprint density at radius 3 is 2.74 bits per heavy atom. The van der Waals surface area contributed by atoms with Crippen LogP contribution in [0.3, 0.4) is 0 Å². The van der Waals surface area contributed by atoms with Crippen LogP contribution in [-0.2, 0) is 9.53 Å². The predicted octanol–water partition coefficient (Wildman–Crippen LogP) is 2.04. The number of esters is 1. The van der Waals surface area contributed by atoms with Gasteiger partial charge in [-0.3, -0.25) is 4.79 Å². The van der Waals surface area contributed by atoms with E-state index in [1.165, 1.54) is 26.4 Å². The number of hydrogen-bond donors (Lipinski definition) is 1. The average molecular weight is 270 g/mol. The number of nitrogens with one attached hydrogen (secondary N) is 1. The molecule has 0 aliphatic carbocycles. The Hall–Kier alpha value is -0.610. The first-order valence-corrected chi connectivity index (χ1v) is 7.52. The van der Waals surface area contributed by atoms with Crippen LogP contribution in [0, 0.1) is 5.41 Å². The van der Waals surface area contributed by atoms with Crippen LogP contribution in [0.1, 0.15) is 46.5 Å². The molecule has 1 rings (SSSR count). The standard InChI is InChI=1S/C15H30N2O2/c1-5-16-13(14(18)19-4)7-11-17-10-6-8-15(2,3)9-12-17/h13,16H,5-12H2,1-4H3. The van der Waals surface area contributed by atoms with Gasteiger partial charge in [-0.15, -0.1) is 0 Å². The van der Waals surface area contributed by atoms with Gasteiger partial charge in [-0.1, -0.05) is 20.8 Å². The summed E-state index contributed by atoms with van der Waals surface area (Å²) in [7, 11) is 1.46. The average Bonchev–Trinajstić information content (AvgIpc) is 2.55. The third-order valence-corrected chi connectivity index (χ3v) is 4.10. The van der Waals surface area contributed by atoms with Crippen molar-refractivity contribution in [3.63, 3.8) is 0 Å². The lowest BCUT2D eigenvalue weighted by molar-refractivity contribution is -0.143. The van der Waals surface area contributed by atoms with Crippen molar-refractivity contribution in [1.82, 2.24) is 10.2 Å². The fourth-order valence-electron chi connectivity index (χ4n) is 2.71. The lowest BCUT2D eigenvalue weighted by Gasteiger charge is -2.24. The molecule has 1 fully saturated rings. The van der Waals surface area contributed by atoms with E-state index in [0.29, 0.717) is 5.41 Å². The van der Waals surface area contributed by atoms with Gasteiger partial charge >= 0.3 is 5.97 Å². The first-order valence-electron chi connectivity index (χ1n) is 7.52. The topological polar surface area (TPSA) is 41.6 Å². The normalized spacial score (nSPS) is 21.7. The monoisotopic (exact) mass is 270 g/mol. The van der Waals surface area contributed by atoms with E-state index < -0.39 is 0 Å². The van der Waals surface area contributed by atoms with E-state index in [2.05, 4.69) is 24.1 Å². The molecule has 1 aliphatic rings. The molecule has 0 aromatic carbocycles. The smallest absolute Gasteiger partial charge is 0.322 e. The summed E-state index contributed by atoms with van der Waals surface area (Å²) in [6.45, 7) is 10.8. The van der Waals surface area contributed by atoms with E-state index in [0.717, 1.165) is 32.6 Å². The van der Waals surface area contributed by atoms with Crippen molar-refractivity contribution in [1.29, 1.82) is 0 Å². The van der Waals surface area contributed by atoms with Crippen molar-refractivity contribution in [3.05, 3.63) is 0 Å². The molecule has 112 valence electrons. The van der Waals surface area contributed by atoms with Gasteiger partial charge in [0.05, 0.1) is 7.11 Å². The molecule has 1 heterocycles. The second-order valence-electron chi connectivity index (χ2n) is 6.28. The zero-order valence-electron chi connectivity index (χ0n) is 13.0. The fraction of sp³-hybridized carbons (Fsp3) is 0.933. The second-order valence-corrected chi connectivity index (χ2v) is 6.28. The van der Waals surface area contributed by atoms with Crippen molar-refractivity contribution < 1.29 is 9.53 Å². The van der Waals surface area contributed by atoms with E-state index >= 15 is 0 Å². The van der Waals surface area contributed by atoms with Gasteiger partial charge in [0.2, 0.25) is 0 Å². The van der Waals surface area contributed by atoms with Gasteiger partial charge in [-0.2, -0.15) is 0 Å². The maximum Gasteiger partial charge on any atom is 0.322 e. The maximum absolute atomic E-state index is 11.6. The molecular weight excluding hydrogens is 240 g/mol. The van der Waals surface area contributed by atoms with Crippen LogP contribution in [0.25, 0.3) is 0 Å². The van der Waals surface area contributed by atoms with E-state index in [1.807, 2.05) is 6.92 Å². The predicted molar refractivity (Wildman–Crippen MR) is 78.2 cm³/mol. The van der Waals surface area contributed by atoms with Crippen LogP contribution in [0.2, 0.25) is 0 Å². The molecule has 4 nitrogen and oxygen atoms in total. The zero-order valence-corrected chi connectivity index (χ0v) is 13.0. The summed E-state index contributed by atoms with van der Waals surface area (Å²) in [5, 5.41) is 3.20. The number of carbonyl (C=O) groups excluding carboxylic acids is 1. The van der Waals surface area contributed by atoms with Gasteiger partial charge in [0.15, 0.2) is 0 Å². The van der Waals surface area contributed by atoms with Gasteiger partial charge in [-0.25, -0.2) is 0 Å². The lowest BCUT2D eigenvalue weighted by atomic mass is 9.85. The number of nitrogens with zero attached hydrogens (tertiary/aromatic N) is 1. The van der Waals surface area contributed by atoms with Crippen LogP contribution in [0.4, 0.5) is 0 Å². The summed E-state index contributed by atoms with van der Waals surface area (Å²) in [6.07, 6.45) is 4.65. The maximum atomic E-state index is 11.6. The molecule has 1 N–H and O–H groups in total. The number of carbonyl (C=O) groups is 1. The minimum Gasteiger partial charge on any atom is -0.468 e. The van der Waals surface area contributed by atoms with Crippen LogP contribution < -0.4 is 5.32 Å². The van der Waals surface area contributed by atoms with Crippen LogP contribution in [0.15, 0.2) is 0 Å². The van der Waals surface area contributed by atoms with Gasteiger partial charge in [0.1, 0.15) is 6.04 Å². The third kappa shape index (κ3) is 5.91. The molecule has 1 atom stereocenters. The van der Waals surface area contributed by atoms with E-state index in [1.54, 1.807) is 0 Å². The van der Waals surface area contributed by atoms with Crippen molar-refractivity contribution in [2.75, 3.05) is 33.3 Å². The number of likely N-dealkylation sites (N-methyl/N-ethyl adjacent to an activating group) is 1. The van der Waals surface area contributed by atoms with Crippen molar-refractivity contribution in [3.8, 4) is 0 Å². The summed E-state index contributed by atoms with van der Waals surface area (Å²) in [6, 6.07) is -0.161. The Morgan fingerprint density at radius 2 is 2.11 bits per heavy atom. The Kier molecular flexibility index (Phi) is 6.80. The number of ether oxygens (including phenoxy) is 1. The van der Waals surface area contributed by atoms with E-state index in [-0.39, 0.29) is 12.0 Å². The fourth-order valence-corrected chi connectivity index (χ4v) is 2.71. The lowest BCUT2D eigenvalue weighted by Crippen LogP contribution is -2.40. The molecule has 0 saturated carbocycles. The highest BCUT2D eigenvalue weighted by Gasteiger charge is 2.24. The Bertz CT molecular complexity index is 279. The summed E-state index contributed by atoms with van der Waals surface area (Å²) in [5.74, 6) is -0.142. The van der Waals surface area contributed by atoms with Crippen molar-refractivity contribution in [2.45, 2.75) is 52.5 Å². The van der Waals surface area contributed by atoms with Gasteiger partial charge in [-0.05, 0) is 50.7 Å². The molecule has 19 heavy (non-hydrogen) atoms. The molecule has 4 heteroatoms. The molecule has 1 aliphatic heterocycles. The molecular formula is C15H30N2O2. The minimum absolute atomic E-state index is 0.142. The number of rotatable bonds is 6. The second kappa shape index (κ2) is 7.85. The Morgan fingerprint density at radius 1 is 1.37 bits per heavy atom. The van der Waals surface area contributed by atoms with Gasteiger partial charge < -0.3 is 15.0 Å². The van der Waals surface area contributed by atoms with Crippen LogP contribution in [0.5, 0.6) is 0 Å². The highest BCUT2D eigenvalue weighted by atomic mass is 16.5. The van der Waals surface area contributed by atoms with E-state index in [9.17, 15) is 4.79 Å². The largest absolute Gasteiger partial charge is 0.468 e. The molecule has 1 unspecified atom stereocenters. The van der Waals surface area contributed by atoms with Gasteiger partial charge in [0, 0.05) is 6.54 Å². The van der Waals surface area contributed by atoms with Crippen molar-refractivity contribution in [2.24, 2.45) is 5.41 Å². The van der Waals surface area contributed by atoms with Crippen LogP contribution >= 0.6 is 0 Å². The van der Waals surface area contributed by atoms with Crippen molar-refractivity contribution >= 4 is 5.97 Å². The Labute approximate surface area is 117 Å². The molecule has 0 aromatic rings. The number of likely N-dealkylation sites (tertiary alicyclic amines) is 1. The van der Waals surface area contributed by atoms with Crippen LogP contribution in [-0.4, -0.2) is 50.2 Å². The summed E-state index contributed by atoms with van der Waals surface area (Å²) >= 11 is 0. The first-order chi connectivity index (χ1) is 8.98. The van der Waals surface area contributed by atoms with E-state index in [4.69, 9.17) is 4.74 Å². The number of hydrogen-bond acceptors (Lipinski definition) is 4. The number of methoxy groups -OCH3 is 1.